The van der Waals surface area contributed by atoms with Crippen LogP contribution in [0.2, 0.25) is 25.0 Å². The second kappa shape index (κ2) is 6.66. The smallest absolute Gasteiger partial charge is 0.376 e. The fourth-order valence-corrected chi connectivity index (χ4v) is 5.56. The fourth-order valence-electron chi connectivity index (χ4n) is 4.19. The van der Waals surface area contributed by atoms with Gasteiger partial charge in [0.25, 0.3) is 0 Å². The monoisotopic (exact) mass is 337 g/mol. The van der Waals surface area contributed by atoms with Crippen LogP contribution in [-0.2, 0) is 4.43 Å². The lowest BCUT2D eigenvalue weighted by Crippen LogP contribution is -2.49. The van der Waals surface area contributed by atoms with E-state index in [9.17, 15) is 5.02 Å². The van der Waals surface area contributed by atoms with Crippen LogP contribution in [0.3, 0.4) is 0 Å². The molecule has 0 amide bonds. The Labute approximate surface area is 144 Å². The number of rotatable bonds is 4. The van der Waals surface area contributed by atoms with Gasteiger partial charge in [-0.1, -0.05) is 26.8 Å². The number of nitrogens with zero attached hydrogens (tertiary/aromatic N) is 1. The molecule has 5 heteroatoms. The van der Waals surface area contributed by atoms with Gasteiger partial charge in [-0.25, -0.2) is 0 Å². The van der Waals surface area contributed by atoms with E-state index in [1.165, 1.54) is 6.42 Å². The summed E-state index contributed by atoms with van der Waals surface area (Å²) >= 11 is 0. The van der Waals surface area contributed by atoms with Gasteiger partial charge in [0.15, 0.2) is 8.32 Å². The average molecular weight is 337 g/mol. The van der Waals surface area contributed by atoms with Crippen molar-refractivity contribution in [3.05, 3.63) is 12.7 Å². The highest BCUT2D eigenvalue weighted by Gasteiger charge is 2.51. The van der Waals surface area contributed by atoms with Crippen molar-refractivity contribution in [3.8, 4) is 0 Å². The van der Waals surface area contributed by atoms with Gasteiger partial charge >= 0.3 is 7.05 Å². The summed E-state index contributed by atoms with van der Waals surface area (Å²) in [5, 5.41) is 10.1. The topological polar surface area (TPSA) is 32.7 Å². The molecule has 0 bridgehead atoms. The van der Waals surface area contributed by atoms with Crippen LogP contribution < -0.4 is 0 Å². The van der Waals surface area contributed by atoms with E-state index in [0.717, 1.165) is 32.4 Å². The molecule has 2 aliphatic rings. The molecule has 1 saturated heterocycles. The molecule has 132 valence electrons. The molecule has 0 aromatic rings. The second-order valence-electron chi connectivity index (χ2n) is 9.25. The maximum absolute atomic E-state index is 9.81. The molecule has 1 aliphatic carbocycles. The predicted octanol–water partition coefficient (Wildman–Crippen LogP) is 4.17. The molecule has 1 spiro atoms. The van der Waals surface area contributed by atoms with E-state index < -0.39 is 8.32 Å². The molecule has 1 heterocycles. The summed E-state index contributed by atoms with van der Waals surface area (Å²) in [5.74, 6) is 0.466. The van der Waals surface area contributed by atoms with Crippen LogP contribution in [0, 0.1) is 11.3 Å². The van der Waals surface area contributed by atoms with E-state index in [0.29, 0.717) is 17.4 Å². The van der Waals surface area contributed by atoms with Crippen molar-refractivity contribution in [1.29, 1.82) is 0 Å². The zero-order valence-electron chi connectivity index (χ0n) is 16.1. The lowest BCUT2D eigenvalue weighted by atomic mass is 9.68. The molecule has 2 rings (SSSR count). The van der Waals surface area contributed by atoms with Gasteiger partial charge in [-0.15, -0.1) is 6.58 Å². The van der Waals surface area contributed by atoms with Crippen molar-refractivity contribution in [2.24, 2.45) is 11.3 Å². The number of hydrogen-bond acceptors (Lipinski definition) is 3. The molecule has 0 radical (unpaired) electrons. The van der Waals surface area contributed by atoms with Crippen molar-refractivity contribution >= 4 is 15.4 Å². The highest BCUT2D eigenvalue weighted by Crippen LogP contribution is 2.53. The minimum atomic E-state index is -1.74. The van der Waals surface area contributed by atoms with Gasteiger partial charge in [0, 0.05) is 5.92 Å². The normalized spacial score (nSPS) is 29.0. The third kappa shape index (κ3) is 3.78. The summed E-state index contributed by atoms with van der Waals surface area (Å²) < 4.78 is 6.77. The summed E-state index contributed by atoms with van der Waals surface area (Å²) in [7, 11) is -2.06. The van der Waals surface area contributed by atoms with E-state index in [1.54, 1.807) is 0 Å². The first-order chi connectivity index (χ1) is 10.5. The zero-order valence-corrected chi connectivity index (χ0v) is 17.1. The van der Waals surface area contributed by atoms with Crippen molar-refractivity contribution in [1.82, 2.24) is 4.81 Å². The van der Waals surface area contributed by atoms with Crippen LogP contribution in [0.4, 0.5) is 0 Å². The van der Waals surface area contributed by atoms with Gasteiger partial charge in [0.05, 0.1) is 6.10 Å². The SMILES string of the molecule is C=CC1C(O[Si](C)(C)C(C)(C)C)CCC12CCN(B(C)O)CC2. The number of hydrogen-bond donors (Lipinski definition) is 1. The lowest BCUT2D eigenvalue weighted by Gasteiger charge is -2.45. The first-order valence-corrected chi connectivity index (χ1v) is 12.2. The minimum Gasteiger partial charge on any atom is -0.437 e. The first-order valence-electron chi connectivity index (χ1n) is 9.25. The van der Waals surface area contributed by atoms with Crippen molar-refractivity contribution in [2.75, 3.05) is 13.1 Å². The van der Waals surface area contributed by atoms with Crippen molar-refractivity contribution in [3.63, 3.8) is 0 Å². The summed E-state index contributed by atoms with van der Waals surface area (Å²) in [4.78, 5) is 2.19. The molecule has 23 heavy (non-hydrogen) atoms. The Morgan fingerprint density at radius 2 is 1.83 bits per heavy atom. The van der Waals surface area contributed by atoms with Gasteiger partial charge < -0.3 is 14.3 Å². The van der Waals surface area contributed by atoms with Crippen LogP contribution in [-0.4, -0.2) is 44.4 Å². The van der Waals surface area contributed by atoms with Gasteiger partial charge in [0.1, 0.15) is 0 Å². The molecule has 1 aliphatic heterocycles. The van der Waals surface area contributed by atoms with Gasteiger partial charge in [-0.05, 0) is 69.1 Å². The lowest BCUT2D eigenvalue weighted by molar-refractivity contribution is 0.0725. The molecule has 1 saturated carbocycles. The van der Waals surface area contributed by atoms with E-state index in [1.807, 2.05) is 6.82 Å². The average Bonchev–Trinajstić information content (AvgIpc) is 2.75. The Bertz CT molecular complexity index is 425. The van der Waals surface area contributed by atoms with Crippen LogP contribution in [0.25, 0.3) is 0 Å². The van der Waals surface area contributed by atoms with Crippen molar-refractivity contribution < 1.29 is 9.45 Å². The largest absolute Gasteiger partial charge is 0.437 e. The summed E-state index contributed by atoms with van der Waals surface area (Å²) in [6.45, 7) is 19.7. The predicted molar refractivity (Wildman–Crippen MR) is 102 cm³/mol. The molecule has 1 N–H and O–H groups in total. The fraction of sp³-hybridized carbons (Fsp3) is 0.889. The maximum atomic E-state index is 9.81. The van der Waals surface area contributed by atoms with Crippen molar-refractivity contribution in [2.45, 2.75) is 77.5 Å². The van der Waals surface area contributed by atoms with Gasteiger partial charge in [0.2, 0.25) is 0 Å². The standard InChI is InChI=1S/C18H36BNO2Si/c1-8-15-16(22-23(6,7)17(2,3)4)9-10-18(15)11-13-20(14-12-18)19(5)21/h8,15-16,21H,1,9-14H2,2-7H3. The summed E-state index contributed by atoms with van der Waals surface area (Å²) in [6.07, 6.45) is 7.24. The summed E-state index contributed by atoms with van der Waals surface area (Å²) in [6, 6.07) is 0. The van der Waals surface area contributed by atoms with Gasteiger partial charge in [-0.2, -0.15) is 0 Å². The summed E-state index contributed by atoms with van der Waals surface area (Å²) in [5.41, 5.74) is 0.347. The minimum absolute atomic E-state index is 0.254. The Morgan fingerprint density at radius 1 is 1.26 bits per heavy atom. The number of piperidine rings is 1. The van der Waals surface area contributed by atoms with E-state index in [2.05, 4.69) is 51.3 Å². The van der Waals surface area contributed by atoms with Crippen LogP contribution in [0.15, 0.2) is 12.7 Å². The van der Waals surface area contributed by atoms with Crippen LogP contribution in [0.1, 0.15) is 46.5 Å². The highest BCUT2D eigenvalue weighted by atomic mass is 28.4. The Kier molecular flexibility index (Phi) is 5.57. The molecule has 3 nitrogen and oxygen atoms in total. The quantitative estimate of drug-likeness (QED) is 0.617. The van der Waals surface area contributed by atoms with Gasteiger partial charge in [-0.3, -0.25) is 0 Å². The first kappa shape index (κ1) is 19.2. The van der Waals surface area contributed by atoms with E-state index in [4.69, 9.17) is 4.43 Å². The maximum Gasteiger partial charge on any atom is 0.376 e. The van der Waals surface area contributed by atoms with E-state index >= 15 is 0 Å². The third-order valence-electron chi connectivity index (χ3n) is 6.86. The zero-order chi connectivity index (χ0) is 17.5. The van der Waals surface area contributed by atoms with Crippen LogP contribution in [0.5, 0.6) is 0 Å². The molecule has 0 aromatic heterocycles. The molecule has 2 fully saturated rings. The second-order valence-corrected chi connectivity index (χ2v) is 14.0. The molecule has 0 aromatic carbocycles. The molecule has 2 unspecified atom stereocenters. The molecule has 2 atom stereocenters. The molecular formula is C18H36BNO2Si. The Balaban J connectivity index is 2.08. The third-order valence-corrected chi connectivity index (χ3v) is 11.4. The van der Waals surface area contributed by atoms with Crippen LogP contribution >= 0.6 is 0 Å². The van der Waals surface area contributed by atoms with E-state index in [-0.39, 0.29) is 12.1 Å². The Morgan fingerprint density at radius 3 is 2.26 bits per heavy atom. The Hall–Kier alpha value is -0.0982. The highest BCUT2D eigenvalue weighted by molar-refractivity contribution is 6.74. The molecular weight excluding hydrogens is 301 g/mol.